The summed E-state index contributed by atoms with van der Waals surface area (Å²) in [4.78, 5) is 14.4. The molecule has 2 fully saturated rings. The van der Waals surface area contributed by atoms with E-state index in [0.717, 1.165) is 71.4 Å². The van der Waals surface area contributed by atoms with Crippen LogP contribution < -0.4 is 24.8 Å². The van der Waals surface area contributed by atoms with Gasteiger partial charge in [0.25, 0.3) is 0 Å². The summed E-state index contributed by atoms with van der Waals surface area (Å²) in [6.45, 7) is 4.02. The maximum absolute atomic E-state index is 6.79. The van der Waals surface area contributed by atoms with E-state index in [1.54, 1.807) is 33.6 Å². The number of anilines is 2. The third-order valence-electron chi connectivity index (χ3n) is 8.54. The molecule has 1 aliphatic carbocycles. The predicted molar refractivity (Wildman–Crippen MR) is 172 cm³/mol. The third-order valence-corrected chi connectivity index (χ3v) is 9.29. The Kier molecular flexibility index (Phi) is 7.12. The van der Waals surface area contributed by atoms with E-state index in [0.29, 0.717) is 38.4 Å². The maximum atomic E-state index is 6.79. The van der Waals surface area contributed by atoms with Crippen molar-refractivity contribution >= 4 is 51.1 Å². The number of halogens is 2. The van der Waals surface area contributed by atoms with Crippen LogP contribution in [0.3, 0.4) is 0 Å². The van der Waals surface area contributed by atoms with Crippen molar-refractivity contribution < 1.29 is 14.2 Å². The van der Waals surface area contributed by atoms with Gasteiger partial charge in [0.05, 0.1) is 54.0 Å². The highest BCUT2D eigenvalue weighted by Crippen LogP contribution is 2.48. The predicted octanol–water partition coefficient (Wildman–Crippen LogP) is 6.42. The van der Waals surface area contributed by atoms with Crippen molar-refractivity contribution in [3.05, 3.63) is 59.0 Å². The summed E-state index contributed by atoms with van der Waals surface area (Å²) >= 11 is 13.6. The molecule has 0 amide bonds. The number of nitrogens with zero attached hydrogens (tertiary/aromatic N) is 5. The zero-order chi connectivity index (χ0) is 29.8. The summed E-state index contributed by atoms with van der Waals surface area (Å²) < 4.78 is 18.9. The molecule has 0 radical (unpaired) electrons. The van der Waals surface area contributed by atoms with Crippen LogP contribution in [-0.2, 0) is 0 Å². The molecule has 1 saturated carbocycles. The van der Waals surface area contributed by atoms with Gasteiger partial charge in [-0.25, -0.2) is 4.98 Å². The fourth-order valence-corrected chi connectivity index (χ4v) is 6.85. The molecule has 3 aromatic heterocycles. The summed E-state index contributed by atoms with van der Waals surface area (Å²) in [6.07, 6.45) is 8.13. The topological polar surface area (TPSA) is 90.4 Å². The first-order valence-electron chi connectivity index (χ1n) is 14.2. The van der Waals surface area contributed by atoms with E-state index in [1.807, 2.05) is 41.1 Å². The van der Waals surface area contributed by atoms with E-state index in [9.17, 15) is 0 Å². The SMILES string of the molecule is COc1cc(N2CCN(C3CC3)CC2)c(N)cc1-c1cc2c(cn1)cc(-c1c(Cl)c(OC)cc(OC)c1Cl)c1nccn12. The molecule has 222 valence electrons. The number of methoxy groups -OCH3 is 3. The molecule has 0 bridgehead atoms. The van der Waals surface area contributed by atoms with E-state index < -0.39 is 0 Å². The molecular formula is C32H32Cl2N6O3. The monoisotopic (exact) mass is 618 g/mol. The lowest BCUT2D eigenvalue weighted by atomic mass is 10.0. The highest BCUT2D eigenvalue weighted by atomic mass is 35.5. The summed E-state index contributed by atoms with van der Waals surface area (Å²) in [7, 11) is 4.79. The van der Waals surface area contributed by atoms with Crippen LogP contribution in [0, 0.1) is 0 Å². The average molecular weight is 620 g/mol. The normalized spacial score (nSPS) is 15.8. The van der Waals surface area contributed by atoms with E-state index in [-0.39, 0.29) is 0 Å². The molecule has 1 aliphatic heterocycles. The van der Waals surface area contributed by atoms with Gasteiger partial charge >= 0.3 is 0 Å². The Morgan fingerprint density at radius 1 is 0.814 bits per heavy atom. The van der Waals surface area contributed by atoms with Crippen molar-refractivity contribution in [3.63, 3.8) is 0 Å². The van der Waals surface area contributed by atoms with Crippen LogP contribution in [-0.4, -0.2) is 72.8 Å². The summed E-state index contributed by atoms with van der Waals surface area (Å²) in [6, 6.07) is 10.5. The maximum Gasteiger partial charge on any atom is 0.145 e. The molecule has 2 aliphatic rings. The van der Waals surface area contributed by atoms with Crippen LogP contribution in [0.25, 0.3) is 38.9 Å². The molecule has 0 spiro atoms. The number of nitrogens with two attached hydrogens (primary N) is 1. The first-order valence-corrected chi connectivity index (χ1v) is 15.0. The Hall–Kier alpha value is -3.92. The average Bonchev–Trinajstić information content (AvgIpc) is 3.76. The largest absolute Gasteiger partial charge is 0.496 e. The molecule has 9 nitrogen and oxygen atoms in total. The molecule has 0 unspecified atom stereocenters. The second-order valence-corrected chi connectivity index (χ2v) is 11.7. The van der Waals surface area contributed by atoms with Crippen LogP contribution >= 0.6 is 23.2 Å². The number of aromatic nitrogens is 3. The Balaban J connectivity index is 1.31. The molecule has 43 heavy (non-hydrogen) atoms. The standard InChI is InChI=1S/C32H32Cl2N6O3/c1-41-26-15-25(39-10-8-38(9-11-39)19-4-5-19)22(35)13-20(26)23-14-24-18(17-37-23)12-21(32-36-6-7-40(24)32)29-30(33)27(42-2)16-28(43-3)31(29)34/h6-7,12-17,19H,4-5,8-11,35H2,1-3H3. The number of ether oxygens (including phenoxy) is 3. The number of hydrogen-bond donors (Lipinski definition) is 1. The van der Waals surface area contributed by atoms with Crippen molar-refractivity contribution in [2.24, 2.45) is 0 Å². The Morgan fingerprint density at radius 2 is 1.51 bits per heavy atom. The van der Waals surface area contributed by atoms with Gasteiger partial charge in [0.1, 0.15) is 22.9 Å². The van der Waals surface area contributed by atoms with Gasteiger partial charge in [-0.1, -0.05) is 23.2 Å². The van der Waals surface area contributed by atoms with Crippen molar-refractivity contribution in [2.75, 3.05) is 58.1 Å². The molecule has 7 rings (SSSR count). The minimum atomic E-state index is 0.372. The second kappa shape index (κ2) is 11.0. The smallest absolute Gasteiger partial charge is 0.145 e. The molecule has 1 saturated heterocycles. The molecule has 0 atom stereocenters. The van der Waals surface area contributed by atoms with E-state index in [2.05, 4.69) is 14.8 Å². The number of nitrogen functional groups attached to an aromatic ring is 1. The summed E-state index contributed by atoms with van der Waals surface area (Å²) in [5, 5.41) is 1.61. The van der Waals surface area contributed by atoms with Gasteiger partial charge in [-0.05, 0) is 31.0 Å². The Bertz CT molecular complexity index is 1840. The molecule has 5 aromatic rings. The van der Waals surface area contributed by atoms with Gasteiger partial charge in [0, 0.05) is 85.0 Å². The Labute approximate surface area is 259 Å². The highest BCUT2D eigenvalue weighted by molar-refractivity contribution is 6.41. The molecule has 4 heterocycles. The number of pyridine rings is 2. The van der Waals surface area contributed by atoms with Crippen LogP contribution in [0.5, 0.6) is 17.2 Å². The van der Waals surface area contributed by atoms with Crippen molar-refractivity contribution in [3.8, 4) is 39.6 Å². The molecular weight excluding hydrogens is 587 g/mol. The molecule has 11 heteroatoms. The third kappa shape index (κ3) is 4.76. The van der Waals surface area contributed by atoms with Crippen LogP contribution in [0.15, 0.2) is 48.9 Å². The highest BCUT2D eigenvalue weighted by Gasteiger charge is 2.32. The minimum Gasteiger partial charge on any atom is -0.496 e. The first kappa shape index (κ1) is 27.9. The fraction of sp³-hybridized carbons (Fsp3) is 0.312. The quantitative estimate of drug-likeness (QED) is 0.209. The molecule has 2 N–H and O–H groups in total. The zero-order valence-corrected chi connectivity index (χ0v) is 25.7. The van der Waals surface area contributed by atoms with E-state index in [1.165, 1.54) is 12.8 Å². The van der Waals surface area contributed by atoms with Gasteiger partial charge in [-0.2, -0.15) is 0 Å². The van der Waals surface area contributed by atoms with Crippen LogP contribution in [0.1, 0.15) is 12.8 Å². The summed E-state index contributed by atoms with van der Waals surface area (Å²) in [5.74, 6) is 1.63. The van der Waals surface area contributed by atoms with Crippen molar-refractivity contribution in [1.82, 2.24) is 19.3 Å². The van der Waals surface area contributed by atoms with E-state index in [4.69, 9.17) is 48.1 Å². The van der Waals surface area contributed by atoms with Crippen molar-refractivity contribution in [2.45, 2.75) is 18.9 Å². The van der Waals surface area contributed by atoms with Crippen molar-refractivity contribution in [1.29, 1.82) is 0 Å². The second-order valence-electron chi connectivity index (χ2n) is 11.0. The fourth-order valence-electron chi connectivity index (χ4n) is 6.14. The lowest BCUT2D eigenvalue weighted by Crippen LogP contribution is -2.47. The number of imidazole rings is 1. The van der Waals surface area contributed by atoms with Crippen LogP contribution in [0.4, 0.5) is 11.4 Å². The van der Waals surface area contributed by atoms with Gasteiger partial charge in [-0.15, -0.1) is 0 Å². The molecule has 2 aromatic carbocycles. The minimum absolute atomic E-state index is 0.372. The van der Waals surface area contributed by atoms with E-state index >= 15 is 0 Å². The van der Waals surface area contributed by atoms with Gasteiger partial charge in [0.15, 0.2) is 0 Å². The Morgan fingerprint density at radius 3 is 2.16 bits per heavy atom. The number of benzene rings is 2. The number of piperazine rings is 1. The lowest BCUT2D eigenvalue weighted by molar-refractivity contribution is 0.248. The first-order chi connectivity index (χ1) is 20.9. The number of fused-ring (bicyclic) bond motifs is 3. The summed E-state index contributed by atoms with van der Waals surface area (Å²) in [5.41, 5.74) is 12.8. The lowest BCUT2D eigenvalue weighted by Gasteiger charge is -2.37. The van der Waals surface area contributed by atoms with Gasteiger partial charge in [-0.3, -0.25) is 14.3 Å². The van der Waals surface area contributed by atoms with Crippen LogP contribution in [0.2, 0.25) is 10.0 Å². The van der Waals surface area contributed by atoms with Gasteiger partial charge < -0.3 is 24.8 Å². The van der Waals surface area contributed by atoms with Gasteiger partial charge in [0.2, 0.25) is 0 Å². The zero-order valence-electron chi connectivity index (χ0n) is 24.2. The number of hydrogen-bond acceptors (Lipinski definition) is 8. The number of rotatable bonds is 7.